The fourth-order valence-corrected chi connectivity index (χ4v) is 2.61. The highest BCUT2D eigenvalue weighted by molar-refractivity contribution is 5.77. The Morgan fingerprint density at radius 3 is 2.40 bits per heavy atom. The second kappa shape index (κ2) is 7.47. The van der Waals surface area contributed by atoms with Gasteiger partial charge in [0.05, 0.1) is 25.7 Å². The molecular weight excluding hydrogens is 260 g/mol. The van der Waals surface area contributed by atoms with Crippen molar-refractivity contribution < 1.29 is 19.4 Å². The molecule has 1 atom stereocenters. The van der Waals surface area contributed by atoms with E-state index in [2.05, 4.69) is 26.1 Å². The van der Waals surface area contributed by atoms with Gasteiger partial charge in [0.1, 0.15) is 0 Å². The first-order chi connectivity index (χ1) is 9.48. The van der Waals surface area contributed by atoms with Gasteiger partial charge in [0.15, 0.2) is 0 Å². The van der Waals surface area contributed by atoms with Crippen molar-refractivity contribution in [2.24, 2.45) is 0 Å². The lowest BCUT2D eigenvalue weighted by atomic mass is 9.90. The van der Waals surface area contributed by atoms with E-state index in [1.54, 1.807) is 4.90 Å². The lowest BCUT2D eigenvalue weighted by Crippen LogP contribution is -2.58. The van der Waals surface area contributed by atoms with E-state index < -0.39 is 5.97 Å². The predicted octanol–water partition coefficient (Wildman–Crippen LogP) is 1.84. The number of carbonyl (C=O) groups excluding carboxylic acids is 1. The van der Waals surface area contributed by atoms with Gasteiger partial charge in [0.2, 0.25) is 0 Å². The summed E-state index contributed by atoms with van der Waals surface area (Å²) in [5, 5.41) is 12.0. The third kappa shape index (κ3) is 4.10. The highest BCUT2D eigenvalue weighted by Gasteiger charge is 2.33. The van der Waals surface area contributed by atoms with E-state index in [0.29, 0.717) is 13.2 Å². The van der Waals surface area contributed by atoms with E-state index in [-0.39, 0.29) is 30.6 Å². The number of morpholine rings is 1. The van der Waals surface area contributed by atoms with Gasteiger partial charge >= 0.3 is 12.0 Å². The third-order valence-corrected chi connectivity index (χ3v) is 4.30. The van der Waals surface area contributed by atoms with E-state index in [4.69, 9.17) is 9.84 Å². The summed E-state index contributed by atoms with van der Waals surface area (Å²) in [6.07, 6.45) is 2.50. The van der Waals surface area contributed by atoms with Crippen molar-refractivity contribution in [1.82, 2.24) is 10.2 Å². The third-order valence-electron chi connectivity index (χ3n) is 4.30. The zero-order valence-electron chi connectivity index (χ0n) is 12.6. The maximum Gasteiger partial charge on any atom is 0.318 e. The Labute approximate surface area is 120 Å². The summed E-state index contributed by atoms with van der Waals surface area (Å²) in [6.45, 7) is 7.36. The number of ether oxygens (including phenoxy) is 1. The van der Waals surface area contributed by atoms with Crippen LogP contribution in [0.4, 0.5) is 4.79 Å². The first kappa shape index (κ1) is 16.8. The SMILES string of the molecule is CCC(CC)(CC)NC(=O)N1CCOCC1CC(=O)O. The summed E-state index contributed by atoms with van der Waals surface area (Å²) in [6, 6.07) is -0.561. The summed E-state index contributed by atoms with van der Waals surface area (Å²) < 4.78 is 5.29. The number of nitrogens with one attached hydrogen (secondary N) is 1. The Balaban J connectivity index is 2.74. The van der Waals surface area contributed by atoms with Crippen LogP contribution in [0.2, 0.25) is 0 Å². The summed E-state index contributed by atoms with van der Waals surface area (Å²) in [5.74, 6) is -0.911. The second-order valence-electron chi connectivity index (χ2n) is 5.29. The number of carbonyl (C=O) groups is 2. The number of carboxylic acid groups (broad SMARTS) is 1. The molecule has 1 rings (SSSR count). The molecule has 0 aliphatic carbocycles. The van der Waals surface area contributed by atoms with Gasteiger partial charge in [0.25, 0.3) is 0 Å². The minimum atomic E-state index is -0.911. The Morgan fingerprint density at radius 1 is 1.30 bits per heavy atom. The minimum Gasteiger partial charge on any atom is -0.481 e. The maximum absolute atomic E-state index is 12.4. The number of carboxylic acids is 1. The van der Waals surface area contributed by atoms with Crippen molar-refractivity contribution in [1.29, 1.82) is 0 Å². The van der Waals surface area contributed by atoms with Crippen LogP contribution in [-0.2, 0) is 9.53 Å². The molecule has 0 aromatic heterocycles. The van der Waals surface area contributed by atoms with Crippen LogP contribution in [-0.4, -0.2) is 53.3 Å². The molecule has 0 bridgehead atoms. The van der Waals surface area contributed by atoms with Crippen molar-refractivity contribution >= 4 is 12.0 Å². The molecule has 0 saturated carbocycles. The van der Waals surface area contributed by atoms with Crippen LogP contribution in [0.15, 0.2) is 0 Å². The zero-order chi connectivity index (χ0) is 15.2. The van der Waals surface area contributed by atoms with Gasteiger partial charge in [-0.25, -0.2) is 4.79 Å². The van der Waals surface area contributed by atoms with E-state index >= 15 is 0 Å². The highest BCUT2D eigenvalue weighted by Crippen LogP contribution is 2.21. The van der Waals surface area contributed by atoms with Gasteiger partial charge in [-0.2, -0.15) is 0 Å². The molecule has 1 fully saturated rings. The van der Waals surface area contributed by atoms with Gasteiger partial charge in [-0.1, -0.05) is 20.8 Å². The molecule has 1 unspecified atom stereocenters. The fraction of sp³-hybridized carbons (Fsp3) is 0.857. The first-order valence-electron chi connectivity index (χ1n) is 7.36. The molecule has 2 N–H and O–H groups in total. The average molecular weight is 286 g/mol. The molecule has 116 valence electrons. The number of urea groups is 1. The number of nitrogens with zero attached hydrogens (tertiary/aromatic N) is 1. The van der Waals surface area contributed by atoms with Gasteiger partial charge in [0, 0.05) is 12.1 Å². The topological polar surface area (TPSA) is 78.9 Å². The second-order valence-corrected chi connectivity index (χ2v) is 5.29. The molecule has 2 amide bonds. The predicted molar refractivity (Wildman–Crippen MR) is 75.7 cm³/mol. The molecule has 20 heavy (non-hydrogen) atoms. The van der Waals surface area contributed by atoms with Crippen LogP contribution >= 0.6 is 0 Å². The molecular formula is C14H26N2O4. The van der Waals surface area contributed by atoms with Gasteiger partial charge in [-0.15, -0.1) is 0 Å². The molecule has 0 radical (unpaired) electrons. The monoisotopic (exact) mass is 286 g/mol. The van der Waals surface area contributed by atoms with Crippen molar-refractivity contribution in [3.05, 3.63) is 0 Å². The molecule has 0 spiro atoms. The van der Waals surface area contributed by atoms with Gasteiger partial charge < -0.3 is 20.1 Å². The molecule has 1 aliphatic heterocycles. The normalized spacial score (nSPS) is 19.8. The maximum atomic E-state index is 12.4. The molecule has 0 aromatic rings. The van der Waals surface area contributed by atoms with Crippen LogP contribution in [0.5, 0.6) is 0 Å². The number of amides is 2. The summed E-state index contributed by atoms with van der Waals surface area (Å²) >= 11 is 0. The first-order valence-corrected chi connectivity index (χ1v) is 7.36. The number of hydrogen-bond acceptors (Lipinski definition) is 3. The zero-order valence-corrected chi connectivity index (χ0v) is 12.6. The van der Waals surface area contributed by atoms with Crippen LogP contribution in [0.25, 0.3) is 0 Å². The van der Waals surface area contributed by atoms with E-state index in [1.807, 2.05) is 0 Å². The lowest BCUT2D eigenvalue weighted by Gasteiger charge is -2.39. The largest absolute Gasteiger partial charge is 0.481 e. The summed E-state index contributed by atoms with van der Waals surface area (Å²) in [4.78, 5) is 24.9. The van der Waals surface area contributed by atoms with Crippen LogP contribution in [0, 0.1) is 0 Å². The molecule has 6 heteroatoms. The van der Waals surface area contributed by atoms with Crippen molar-refractivity contribution in [3.63, 3.8) is 0 Å². The number of aliphatic carboxylic acids is 1. The van der Waals surface area contributed by atoms with Crippen molar-refractivity contribution in [3.8, 4) is 0 Å². The van der Waals surface area contributed by atoms with Crippen LogP contribution in [0.1, 0.15) is 46.5 Å². The molecule has 6 nitrogen and oxygen atoms in total. The Bertz CT molecular complexity index is 334. The van der Waals surface area contributed by atoms with Crippen molar-refractivity contribution in [2.45, 2.75) is 58.0 Å². The van der Waals surface area contributed by atoms with Gasteiger partial charge in [-0.3, -0.25) is 4.79 Å². The fourth-order valence-electron chi connectivity index (χ4n) is 2.61. The Morgan fingerprint density at radius 2 is 1.90 bits per heavy atom. The van der Waals surface area contributed by atoms with Crippen LogP contribution < -0.4 is 5.32 Å². The Hall–Kier alpha value is -1.30. The van der Waals surface area contributed by atoms with Gasteiger partial charge in [-0.05, 0) is 19.3 Å². The smallest absolute Gasteiger partial charge is 0.318 e. The van der Waals surface area contributed by atoms with Crippen LogP contribution in [0.3, 0.4) is 0 Å². The number of rotatable bonds is 6. The van der Waals surface area contributed by atoms with E-state index in [0.717, 1.165) is 19.3 Å². The lowest BCUT2D eigenvalue weighted by molar-refractivity contribution is -0.139. The summed E-state index contributed by atoms with van der Waals surface area (Å²) in [5.41, 5.74) is -0.205. The minimum absolute atomic E-state index is 0.0786. The summed E-state index contributed by atoms with van der Waals surface area (Å²) in [7, 11) is 0. The standard InChI is InChI=1S/C14H26N2O4/c1-4-14(5-2,6-3)15-13(19)16-7-8-20-10-11(16)9-12(17)18/h11H,4-10H2,1-3H3,(H,15,19)(H,17,18). The van der Waals surface area contributed by atoms with Crippen molar-refractivity contribution in [2.75, 3.05) is 19.8 Å². The molecule has 1 saturated heterocycles. The number of hydrogen-bond donors (Lipinski definition) is 2. The molecule has 0 aromatic carbocycles. The average Bonchev–Trinajstić information content (AvgIpc) is 2.44. The Kier molecular flexibility index (Phi) is 6.26. The van der Waals surface area contributed by atoms with E-state index in [1.165, 1.54) is 0 Å². The quantitative estimate of drug-likeness (QED) is 0.781. The van der Waals surface area contributed by atoms with E-state index in [9.17, 15) is 9.59 Å². The molecule has 1 heterocycles. The molecule has 1 aliphatic rings. The highest BCUT2D eigenvalue weighted by atomic mass is 16.5.